The molecule has 0 unspecified atom stereocenters. The van der Waals surface area contributed by atoms with Crippen molar-refractivity contribution in [3.05, 3.63) is 115 Å². The third kappa shape index (κ3) is 6.70. The van der Waals surface area contributed by atoms with E-state index < -0.39 is 19.7 Å². The van der Waals surface area contributed by atoms with Crippen LogP contribution in [-0.4, -0.2) is 18.0 Å². The Balaban J connectivity index is 0.000000200. The number of rotatable bonds is 4. The molecule has 211 valence electrons. The molecule has 0 fully saturated rings. The second kappa shape index (κ2) is 12.6. The smallest absolute Gasteiger partial charge is 0.136 e. The predicted molar refractivity (Wildman–Crippen MR) is 161 cm³/mol. The first kappa shape index (κ1) is 30.4. The second-order valence-electron chi connectivity index (χ2n) is 11.0. The summed E-state index contributed by atoms with van der Waals surface area (Å²) in [5.74, 6) is -0.942. The minimum atomic E-state index is -1.23. The zero-order valence-electron chi connectivity index (χ0n) is 23.6. The molecule has 3 aromatic heterocycles. The Bertz CT molecular complexity index is 1780. The third-order valence-electron chi connectivity index (χ3n) is 6.77. The van der Waals surface area contributed by atoms with Gasteiger partial charge in [0.1, 0.15) is 17.2 Å². The van der Waals surface area contributed by atoms with Gasteiger partial charge in [0.15, 0.2) is 0 Å². The van der Waals surface area contributed by atoms with Crippen LogP contribution in [0.4, 0.5) is 8.78 Å². The Hall–Kier alpha value is -3.51. The van der Waals surface area contributed by atoms with E-state index in [1.54, 1.807) is 18.3 Å². The Morgan fingerprint density at radius 2 is 1.66 bits per heavy atom. The molecule has 7 heteroatoms. The molecule has 6 aromatic rings. The van der Waals surface area contributed by atoms with Gasteiger partial charge in [-0.05, 0) is 28.6 Å². The van der Waals surface area contributed by atoms with Crippen molar-refractivity contribution in [2.45, 2.75) is 39.4 Å². The van der Waals surface area contributed by atoms with Crippen LogP contribution in [0.3, 0.4) is 0 Å². The number of pyridine rings is 2. The van der Waals surface area contributed by atoms with Crippen LogP contribution < -0.4 is 5.19 Å². The second-order valence-corrected chi connectivity index (χ2v) is 16.1. The Kier molecular flexibility index (Phi) is 9.33. The third-order valence-corrected chi connectivity index (χ3v) is 8.80. The fourth-order valence-electron chi connectivity index (χ4n) is 4.47. The predicted octanol–water partition coefficient (Wildman–Crippen LogP) is 8.94. The maximum Gasteiger partial charge on any atom is 0.136 e. The standard InChI is InChI=1S/C20H14F2NO.C14H16NSi.Ir/c1-11(2)12-6-7-23-17(8-12)14-4-3-5-15-19-16(22)9-13(21)10-18(19)24-20(14)15;1-16(2,3)13-9-10-14(15-11-13)12-7-5-4-6-8-12;/h3,5-11H,1-2H3;4-7,9-11H,1-3H3;/q2*-1;. The first-order chi connectivity index (χ1) is 19.1. The molecule has 0 bridgehead atoms. The molecule has 0 aliphatic rings. The van der Waals surface area contributed by atoms with E-state index in [-0.39, 0.29) is 31.1 Å². The van der Waals surface area contributed by atoms with Gasteiger partial charge >= 0.3 is 0 Å². The van der Waals surface area contributed by atoms with Gasteiger partial charge in [-0.15, -0.1) is 54.1 Å². The van der Waals surface area contributed by atoms with E-state index in [0.717, 1.165) is 22.9 Å². The van der Waals surface area contributed by atoms with E-state index >= 15 is 0 Å². The number of aromatic nitrogens is 2. The molecule has 41 heavy (non-hydrogen) atoms. The Morgan fingerprint density at radius 1 is 0.854 bits per heavy atom. The maximum atomic E-state index is 14.2. The molecule has 3 aromatic carbocycles. The zero-order valence-corrected chi connectivity index (χ0v) is 26.9. The summed E-state index contributed by atoms with van der Waals surface area (Å²) in [4.78, 5) is 8.91. The van der Waals surface area contributed by atoms with E-state index in [1.165, 1.54) is 11.3 Å². The van der Waals surface area contributed by atoms with Gasteiger partial charge in [-0.25, -0.2) is 8.78 Å². The maximum absolute atomic E-state index is 14.2. The summed E-state index contributed by atoms with van der Waals surface area (Å²) in [5.41, 5.74) is 5.19. The van der Waals surface area contributed by atoms with Gasteiger partial charge in [0.05, 0.1) is 13.7 Å². The SMILES string of the molecule is CC(C)c1ccnc(-c2[c-]ccc3c2oc2cc(F)cc(F)c23)c1.C[Si](C)(C)c1ccc(-c2[c-]cccc2)nc1.[Ir]. The van der Waals surface area contributed by atoms with Crippen molar-refractivity contribution in [2.75, 3.05) is 0 Å². The van der Waals surface area contributed by atoms with Crippen LogP contribution >= 0.6 is 0 Å². The summed E-state index contributed by atoms with van der Waals surface area (Å²) >= 11 is 0. The molecule has 3 nitrogen and oxygen atoms in total. The van der Waals surface area contributed by atoms with Gasteiger partial charge in [0.25, 0.3) is 0 Å². The number of fused-ring (bicyclic) bond motifs is 3. The molecule has 0 saturated heterocycles. The van der Waals surface area contributed by atoms with Crippen molar-refractivity contribution in [3.63, 3.8) is 0 Å². The van der Waals surface area contributed by atoms with Gasteiger partial charge in [-0.1, -0.05) is 68.2 Å². The molecule has 0 saturated carbocycles. The van der Waals surface area contributed by atoms with Crippen LogP contribution in [-0.2, 0) is 20.1 Å². The summed E-state index contributed by atoms with van der Waals surface area (Å²) in [5, 5.41) is 2.27. The zero-order chi connectivity index (χ0) is 28.4. The van der Waals surface area contributed by atoms with Crippen LogP contribution in [0.1, 0.15) is 25.3 Å². The summed E-state index contributed by atoms with van der Waals surface area (Å²) in [6.45, 7) is 11.2. The number of hydrogen-bond acceptors (Lipinski definition) is 3. The average Bonchev–Trinajstić information content (AvgIpc) is 3.32. The Morgan fingerprint density at radius 3 is 2.32 bits per heavy atom. The van der Waals surface area contributed by atoms with Crippen LogP contribution in [0, 0.1) is 23.8 Å². The van der Waals surface area contributed by atoms with Crippen LogP contribution in [0.25, 0.3) is 44.5 Å². The molecule has 0 aliphatic carbocycles. The molecule has 0 spiro atoms. The van der Waals surface area contributed by atoms with Crippen molar-refractivity contribution < 1.29 is 33.3 Å². The topological polar surface area (TPSA) is 38.9 Å². The normalized spacial score (nSPS) is 11.3. The summed E-state index contributed by atoms with van der Waals surface area (Å²) in [6.07, 6.45) is 3.75. The van der Waals surface area contributed by atoms with Gasteiger partial charge in [-0.2, -0.15) is 0 Å². The van der Waals surface area contributed by atoms with Crippen molar-refractivity contribution in [2.24, 2.45) is 0 Å². The molecular formula is C34H30F2IrN2OSi-2. The number of benzene rings is 3. The van der Waals surface area contributed by atoms with Crippen LogP contribution in [0.2, 0.25) is 19.6 Å². The minimum Gasteiger partial charge on any atom is -0.500 e. The van der Waals surface area contributed by atoms with Gasteiger partial charge < -0.3 is 14.4 Å². The van der Waals surface area contributed by atoms with E-state index in [4.69, 9.17) is 4.42 Å². The first-order valence-electron chi connectivity index (χ1n) is 13.2. The van der Waals surface area contributed by atoms with E-state index in [1.807, 2.05) is 42.6 Å². The fraction of sp³-hybridized carbons (Fsp3) is 0.176. The molecule has 0 amide bonds. The number of halogens is 2. The molecule has 3 heterocycles. The molecule has 6 rings (SSSR count). The summed E-state index contributed by atoms with van der Waals surface area (Å²) in [6, 6.07) is 28.0. The van der Waals surface area contributed by atoms with Gasteiger partial charge in [-0.3, -0.25) is 0 Å². The van der Waals surface area contributed by atoms with Crippen molar-refractivity contribution in [3.8, 4) is 22.5 Å². The van der Waals surface area contributed by atoms with Crippen LogP contribution in [0.15, 0.2) is 89.6 Å². The molecule has 0 atom stereocenters. The number of furan rings is 1. The average molecular weight is 741 g/mol. The molecule has 0 aliphatic heterocycles. The fourth-order valence-corrected chi connectivity index (χ4v) is 5.51. The molecule has 0 N–H and O–H groups in total. The largest absolute Gasteiger partial charge is 0.500 e. The van der Waals surface area contributed by atoms with Gasteiger partial charge in [0.2, 0.25) is 0 Å². The Labute approximate surface area is 254 Å². The molecular weight excluding hydrogens is 711 g/mol. The van der Waals surface area contributed by atoms with Crippen molar-refractivity contribution in [1.82, 2.24) is 9.97 Å². The summed E-state index contributed by atoms with van der Waals surface area (Å²) in [7, 11) is -1.23. The van der Waals surface area contributed by atoms with E-state index in [9.17, 15) is 8.78 Å². The number of hydrogen-bond donors (Lipinski definition) is 0. The monoisotopic (exact) mass is 741 g/mol. The van der Waals surface area contributed by atoms with Crippen LogP contribution in [0.5, 0.6) is 0 Å². The molecule has 1 radical (unpaired) electrons. The van der Waals surface area contributed by atoms with Gasteiger partial charge in [0, 0.05) is 50.0 Å². The van der Waals surface area contributed by atoms with Crippen molar-refractivity contribution >= 4 is 35.2 Å². The minimum absolute atomic E-state index is 0. The number of nitrogens with zero attached hydrogens (tertiary/aromatic N) is 2. The van der Waals surface area contributed by atoms with Crippen molar-refractivity contribution in [1.29, 1.82) is 0 Å². The summed E-state index contributed by atoms with van der Waals surface area (Å²) < 4.78 is 33.4. The van der Waals surface area contributed by atoms with E-state index in [0.29, 0.717) is 28.1 Å². The first-order valence-corrected chi connectivity index (χ1v) is 16.7. The van der Waals surface area contributed by atoms with E-state index in [2.05, 4.69) is 67.7 Å². The quantitative estimate of drug-likeness (QED) is 0.134.